The predicted octanol–water partition coefficient (Wildman–Crippen LogP) is -0.519. The Balaban J connectivity index is 1.95. The summed E-state index contributed by atoms with van der Waals surface area (Å²) in [5, 5.41) is 8.88. The number of rotatable bonds is 4. The summed E-state index contributed by atoms with van der Waals surface area (Å²) in [6.45, 7) is 4.77. The summed E-state index contributed by atoms with van der Waals surface area (Å²) < 4.78 is 0. The zero-order valence-corrected chi connectivity index (χ0v) is 9.84. The Kier molecular flexibility index (Phi) is 4.13. The standard InChI is InChI=1S/C11H19N5O/c12-14-10-2-1-3-11(13-10)16-6-4-15(5-7-16)8-9-17/h1-3,17H,4-9,12H2,(H,13,14). The first-order valence-electron chi connectivity index (χ1n) is 5.85. The van der Waals surface area contributed by atoms with Crippen LogP contribution < -0.4 is 16.2 Å². The molecule has 0 saturated carbocycles. The molecule has 2 heterocycles. The van der Waals surface area contributed by atoms with E-state index in [1.54, 1.807) is 0 Å². The molecule has 94 valence electrons. The quantitative estimate of drug-likeness (QED) is 0.483. The number of aliphatic hydroxyl groups excluding tert-OH is 1. The zero-order chi connectivity index (χ0) is 12.1. The molecule has 0 aliphatic carbocycles. The van der Waals surface area contributed by atoms with Crippen LogP contribution in [0.4, 0.5) is 11.6 Å². The van der Waals surface area contributed by atoms with Gasteiger partial charge in [-0.3, -0.25) is 4.90 Å². The second-order valence-electron chi connectivity index (χ2n) is 4.08. The van der Waals surface area contributed by atoms with Crippen LogP contribution >= 0.6 is 0 Å². The maximum absolute atomic E-state index is 8.88. The molecule has 0 radical (unpaired) electrons. The number of nitrogens with zero attached hydrogens (tertiary/aromatic N) is 3. The fourth-order valence-electron chi connectivity index (χ4n) is 2.02. The van der Waals surface area contributed by atoms with Gasteiger partial charge in [0, 0.05) is 32.7 Å². The zero-order valence-electron chi connectivity index (χ0n) is 9.84. The van der Waals surface area contributed by atoms with Crippen LogP contribution in [0.5, 0.6) is 0 Å². The molecule has 2 rings (SSSR count). The van der Waals surface area contributed by atoms with E-state index in [1.807, 2.05) is 18.2 Å². The summed E-state index contributed by atoms with van der Waals surface area (Å²) in [5.41, 5.74) is 2.55. The highest BCUT2D eigenvalue weighted by Gasteiger charge is 2.17. The molecule has 6 nitrogen and oxygen atoms in total. The van der Waals surface area contributed by atoms with Crippen LogP contribution in [0.15, 0.2) is 18.2 Å². The van der Waals surface area contributed by atoms with Crippen molar-refractivity contribution in [1.29, 1.82) is 0 Å². The molecule has 1 saturated heterocycles. The summed E-state index contributed by atoms with van der Waals surface area (Å²) in [5.74, 6) is 6.97. The summed E-state index contributed by atoms with van der Waals surface area (Å²) in [6, 6.07) is 5.77. The highest BCUT2D eigenvalue weighted by molar-refractivity contribution is 5.46. The SMILES string of the molecule is NNc1cccc(N2CCN(CCO)CC2)n1. The lowest BCUT2D eigenvalue weighted by Gasteiger charge is -2.35. The average molecular weight is 237 g/mol. The highest BCUT2D eigenvalue weighted by Crippen LogP contribution is 2.15. The van der Waals surface area contributed by atoms with E-state index in [-0.39, 0.29) is 6.61 Å². The lowest BCUT2D eigenvalue weighted by molar-refractivity contribution is 0.188. The molecule has 0 unspecified atom stereocenters. The lowest BCUT2D eigenvalue weighted by atomic mass is 10.3. The molecule has 0 spiro atoms. The van der Waals surface area contributed by atoms with Gasteiger partial charge in [-0.1, -0.05) is 6.07 Å². The number of aromatic nitrogens is 1. The van der Waals surface area contributed by atoms with Gasteiger partial charge in [0.25, 0.3) is 0 Å². The first-order valence-corrected chi connectivity index (χ1v) is 5.85. The Morgan fingerprint density at radius 3 is 2.71 bits per heavy atom. The van der Waals surface area contributed by atoms with Crippen molar-refractivity contribution in [2.45, 2.75) is 0 Å². The molecular weight excluding hydrogens is 218 g/mol. The fourth-order valence-corrected chi connectivity index (χ4v) is 2.02. The number of nitrogen functional groups attached to an aromatic ring is 1. The van der Waals surface area contributed by atoms with E-state index < -0.39 is 0 Å². The number of hydrogen-bond acceptors (Lipinski definition) is 6. The van der Waals surface area contributed by atoms with Gasteiger partial charge in [0.15, 0.2) is 0 Å². The van der Waals surface area contributed by atoms with Crippen molar-refractivity contribution < 1.29 is 5.11 Å². The third-order valence-corrected chi connectivity index (χ3v) is 2.99. The van der Waals surface area contributed by atoms with Gasteiger partial charge in [-0.15, -0.1) is 0 Å². The Labute approximate surface area is 101 Å². The van der Waals surface area contributed by atoms with E-state index in [0.29, 0.717) is 5.82 Å². The van der Waals surface area contributed by atoms with Crippen LogP contribution in [0.1, 0.15) is 0 Å². The number of hydrogen-bond donors (Lipinski definition) is 3. The maximum Gasteiger partial charge on any atom is 0.142 e. The van der Waals surface area contributed by atoms with Gasteiger partial charge in [0.1, 0.15) is 11.6 Å². The number of aliphatic hydroxyl groups is 1. The molecule has 0 amide bonds. The number of β-amino-alcohol motifs (C(OH)–C–C–N with tert-alkyl or cyclic N) is 1. The molecule has 0 bridgehead atoms. The third-order valence-electron chi connectivity index (χ3n) is 2.99. The van der Waals surface area contributed by atoms with Gasteiger partial charge in [-0.2, -0.15) is 0 Å². The minimum Gasteiger partial charge on any atom is -0.395 e. The molecule has 6 heteroatoms. The molecule has 1 aromatic rings. The number of hydrazine groups is 1. The molecule has 1 aliphatic heterocycles. The van der Waals surface area contributed by atoms with Gasteiger partial charge in [0.05, 0.1) is 6.61 Å². The highest BCUT2D eigenvalue weighted by atomic mass is 16.3. The van der Waals surface area contributed by atoms with Crippen molar-refractivity contribution in [1.82, 2.24) is 9.88 Å². The third kappa shape index (κ3) is 3.06. The van der Waals surface area contributed by atoms with Crippen molar-refractivity contribution in [3.8, 4) is 0 Å². The first-order chi connectivity index (χ1) is 8.33. The first kappa shape index (κ1) is 12.1. The van der Waals surface area contributed by atoms with Crippen molar-refractivity contribution in [3.05, 3.63) is 18.2 Å². The topological polar surface area (TPSA) is 77.7 Å². The summed E-state index contributed by atoms with van der Waals surface area (Å²) in [6.07, 6.45) is 0. The van der Waals surface area contributed by atoms with Gasteiger partial charge in [-0.25, -0.2) is 10.8 Å². The van der Waals surface area contributed by atoms with Crippen molar-refractivity contribution in [2.75, 3.05) is 49.7 Å². The maximum atomic E-state index is 8.88. The van der Waals surface area contributed by atoms with Gasteiger partial charge in [-0.05, 0) is 12.1 Å². The molecule has 17 heavy (non-hydrogen) atoms. The Morgan fingerprint density at radius 2 is 2.06 bits per heavy atom. The number of nitrogens with one attached hydrogen (secondary N) is 1. The number of pyridine rings is 1. The van der Waals surface area contributed by atoms with Crippen LogP contribution in [0, 0.1) is 0 Å². The number of piperazine rings is 1. The van der Waals surface area contributed by atoms with Gasteiger partial charge in [0.2, 0.25) is 0 Å². The summed E-state index contributed by atoms with van der Waals surface area (Å²) in [7, 11) is 0. The largest absolute Gasteiger partial charge is 0.395 e. The second kappa shape index (κ2) is 5.81. The lowest BCUT2D eigenvalue weighted by Crippen LogP contribution is -2.47. The van der Waals surface area contributed by atoms with E-state index in [4.69, 9.17) is 10.9 Å². The molecule has 0 atom stereocenters. The fraction of sp³-hybridized carbons (Fsp3) is 0.545. The van der Waals surface area contributed by atoms with E-state index >= 15 is 0 Å². The smallest absolute Gasteiger partial charge is 0.142 e. The van der Waals surface area contributed by atoms with E-state index in [0.717, 1.165) is 38.5 Å². The summed E-state index contributed by atoms with van der Waals surface area (Å²) >= 11 is 0. The van der Waals surface area contributed by atoms with Crippen LogP contribution in [0.2, 0.25) is 0 Å². The number of anilines is 2. The predicted molar refractivity (Wildman–Crippen MR) is 67.8 cm³/mol. The van der Waals surface area contributed by atoms with Crippen LogP contribution in [0.3, 0.4) is 0 Å². The number of nitrogens with two attached hydrogens (primary N) is 1. The minimum absolute atomic E-state index is 0.227. The van der Waals surface area contributed by atoms with E-state index in [9.17, 15) is 0 Å². The van der Waals surface area contributed by atoms with Gasteiger partial charge >= 0.3 is 0 Å². The van der Waals surface area contributed by atoms with Crippen molar-refractivity contribution in [3.63, 3.8) is 0 Å². The molecule has 0 aromatic carbocycles. The molecule has 1 fully saturated rings. The minimum atomic E-state index is 0.227. The normalized spacial score (nSPS) is 17.2. The Morgan fingerprint density at radius 1 is 1.29 bits per heavy atom. The van der Waals surface area contributed by atoms with Crippen LogP contribution in [-0.4, -0.2) is 54.3 Å². The molecule has 4 N–H and O–H groups in total. The monoisotopic (exact) mass is 237 g/mol. The van der Waals surface area contributed by atoms with E-state index in [1.165, 1.54) is 0 Å². The van der Waals surface area contributed by atoms with Gasteiger partial charge < -0.3 is 15.4 Å². The summed E-state index contributed by atoms with van der Waals surface area (Å²) in [4.78, 5) is 8.89. The molecular formula is C11H19N5O. The van der Waals surface area contributed by atoms with Crippen LogP contribution in [0.25, 0.3) is 0 Å². The van der Waals surface area contributed by atoms with E-state index in [2.05, 4.69) is 20.2 Å². The van der Waals surface area contributed by atoms with Crippen LogP contribution in [-0.2, 0) is 0 Å². The average Bonchev–Trinajstić information content (AvgIpc) is 2.40. The van der Waals surface area contributed by atoms with Crippen molar-refractivity contribution >= 4 is 11.6 Å². The van der Waals surface area contributed by atoms with Crippen molar-refractivity contribution in [2.24, 2.45) is 5.84 Å². The molecule has 1 aromatic heterocycles. The molecule has 1 aliphatic rings. The Bertz CT molecular complexity index is 351. The Hall–Kier alpha value is -1.37. The second-order valence-corrected chi connectivity index (χ2v) is 4.08.